The first-order valence-corrected chi connectivity index (χ1v) is 10.4. The molecule has 0 bridgehead atoms. The third-order valence-corrected chi connectivity index (χ3v) is 7.48. The van der Waals surface area contributed by atoms with Crippen molar-refractivity contribution in [2.24, 2.45) is 11.3 Å². The molecule has 2 aliphatic carbocycles. The fourth-order valence-electron chi connectivity index (χ4n) is 4.32. The lowest BCUT2D eigenvalue weighted by atomic mass is 9.90. The number of carbonyl (C=O) groups is 3. The van der Waals surface area contributed by atoms with Crippen molar-refractivity contribution in [1.29, 1.82) is 0 Å². The van der Waals surface area contributed by atoms with Crippen LogP contribution < -0.4 is 5.32 Å². The van der Waals surface area contributed by atoms with Crippen molar-refractivity contribution in [2.75, 3.05) is 6.54 Å². The van der Waals surface area contributed by atoms with Gasteiger partial charge in [-0.25, -0.2) is 0 Å². The van der Waals surface area contributed by atoms with E-state index >= 15 is 0 Å². The summed E-state index contributed by atoms with van der Waals surface area (Å²) < 4.78 is 0.0160. The number of carbonyl (C=O) groups excluding carboxylic acids is 2. The molecule has 2 N–H and O–H groups in total. The summed E-state index contributed by atoms with van der Waals surface area (Å²) in [5.41, 5.74) is 0.513. The van der Waals surface area contributed by atoms with E-state index in [4.69, 9.17) is 0 Å². The van der Waals surface area contributed by atoms with Crippen LogP contribution in [0, 0.1) is 11.3 Å². The van der Waals surface area contributed by atoms with Gasteiger partial charge in [-0.05, 0) is 43.4 Å². The van der Waals surface area contributed by atoms with Gasteiger partial charge in [-0.2, -0.15) is 0 Å². The van der Waals surface area contributed by atoms with Crippen molar-refractivity contribution in [2.45, 2.75) is 81.6 Å². The SMILES string of the molecule is CCCC(CCC)(SC(CC(=O)O)C(=O)NCCC=O)C1CC12CC2. The molecule has 2 fully saturated rings. The number of hydrogen-bond donors (Lipinski definition) is 2. The summed E-state index contributed by atoms with van der Waals surface area (Å²) in [5.74, 6) is -0.554. The molecule has 0 radical (unpaired) electrons. The number of amides is 1. The molecular weight excluding hydrogens is 338 g/mol. The van der Waals surface area contributed by atoms with Gasteiger partial charge in [0, 0.05) is 17.7 Å². The maximum Gasteiger partial charge on any atom is 0.305 e. The molecule has 1 amide bonds. The molecule has 1 spiro atoms. The molecule has 2 saturated carbocycles. The van der Waals surface area contributed by atoms with Gasteiger partial charge in [0.05, 0.1) is 11.7 Å². The first-order chi connectivity index (χ1) is 11.9. The Morgan fingerprint density at radius 1 is 1.32 bits per heavy atom. The molecule has 0 saturated heterocycles. The van der Waals surface area contributed by atoms with Crippen LogP contribution >= 0.6 is 11.8 Å². The Balaban J connectivity index is 2.13. The number of aliphatic carboxylic acids is 1. The molecule has 2 atom stereocenters. The van der Waals surface area contributed by atoms with E-state index in [1.807, 2.05) is 0 Å². The van der Waals surface area contributed by atoms with Crippen molar-refractivity contribution in [3.05, 3.63) is 0 Å². The van der Waals surface area contributed by atoms with Crippen LogP contribution in [0.2, 0.25) is 0 Å². The minimum Gasteiger partial charge on any atom is -0.481 e. The molecule has 5 nitrogen and oxygen atoms in total. The lowest BCUT2D eigenvalue weighted by molar-refractivity contribution is -0.138. The van der Waals surface area contributed by atoms with Crippen molar-refractivity contribution >= 4 is 29.9 Å². The minimum absolute atomic E-state index is 0.0160. The number of rotatable bonds is 13. The summed E-state index contributed by atoms with van der Waals surface area (Å²) in [6.07, 6.45) is 8.86. The van der Waals surface area contributed by atoms with Crippen molar-refractivity contribution < 1.29 is 19.5 Å². The van der Waals surface area contributed by atoms with Crippen LogP contribution in [0.4, 0.5) is 0 Å². The smallest absolute Gasteiger partial charge is 0.305 e. The fourth-order valence-corrected chi connectivity index (χ4v) is 6.45. The molecule has 142 valence electrons. The molecule has 6 heteroatoms. The normalized spacial score (nSPS) is 21.6. The molecular formula is C19H31NO4S. The first kappa shape index (κ1) is 20.3. The third-order valence-electron chi connectivity index (χ3n) is 5.65. The highest BCUT2D eigenvalue weighted by molar-refractivity contribution is 8.02. The fraction of sp³-hybridized carbons (Fsp3) is 0.842. The van der Waals surface area contributed by atoms with Gasteiger partial charge in [0.25, 0.3) is 0 Å². The van der Waals surface area contributed by atoms with Gasteiger partial charge in [0.15, 0.2) is 0 Å². The zero-order valence-electron chi connectivity index (χ0n) is 15.4. The number of hydrogen-bond acceptors (Lipinski definition) is 4. The number of aldehydes is 1. The quantitative estimate of drug-likeness (QED) is 0.384. The van der Waals surface area contributed by atoms with Crippen LogP contribution in [0.1, 0.15) is 71.6 Å². The molecule has 0 aromatic carbocycles. The Bertz CT molecular complexity index is 498. The predicted octanol–water partition coefficient (Wildman–Crippen LogP) is 3.41. The summed E-state index contributed by atoms with van der Waals surface area (Å²) >= 11 is 1.61. The molecule has 2 unspecified atom stereocenters. The van der Waals surface area contributed by atoms with Gasteiger partial charge in [-0.15, -0.1) is 11.8 Å². The lowest BCUT2D eigenvalue weighted by Gasteiger charge is -2.37. The second kappa shape index (κ2) is 8.56. The van der Waals surface area contributed by atoms with Gasteiger partial charge >= 0.3 is 5.97 Å². The van der Waals surface area contributed by atoms with Crippen molar-refractivity contribution in [1.82, 2.24) is 5.32 Å². The summed E-state index contributed by atoms with van der Waals surface area (Å²) in [6, 6.07) is 0. The molecule has 0 aromatic rings. The molecule has 2 rings (SSSR count). The Hall–Kier alpha value is -1.04. The van der Waals surface area contributed by atoms with E-state index in [-0.39, 0.29) is 30.0 Å². The average molecular weight is 370 g/mol. The van der Waals surface area contributed by atoms with E-state index in [1.54, 1.807) is 11.8 Å². The van der Waals surface area contributed by atoms with Crippen molar-refractivity contribution in [3.8, 4) is 0 Å². The Kier molecular flexibility index (Phi) is 6.94. The summed E-state index contributed by atoms with van der Waals surface area (Å²) in [4.78, 5) is 34.3. The molecule has 0 aliphatic heterocycles. The van der Waals surface area contributed by atoms with Crippen LogP contribution in [0.25, 0.3) is 0 Å². The zero-order valence-corrected chi connectivity index (χ0v) is 16.2. The van der Waals surface area contributed by atoms with Gasteiger partial charge in [-0.1, -0.05) is 26.7 Å². The van der Waals surface area contributed by atoms with Gasteiger partial charge < -0.3 is 15.2 Å². The molecule has 25 heavy (non-hydrogen) atoms. The number of carboxylic acid groups (broad SMARTS) is 1. The minimum atomic E-state index is -0.943. The van der Waals surface area contributed by atoms with Gasteiger partial charge in [-0.3, -0.25) is 9.59 Å². The van der Waals surface area contributed by atoms with E-state index in [2.05, 4.69) is 19.2 Å². The van der Waals surface area contributed by atoms with E-state index in [0.29, 0.717) is 11.3 Å². The monoisotopic (exact) mass is 369 g/mol. The van der Waals surface area contributed by atoms with Crippen LogP contribution in [0.3, 0.4) is 0 Å². The molecule has 2 aliphatic rings. The summed E-state index contributed by atoms with van der Waals surface area (Å²) in [7, 11) is 0. The average Bonchev–Trinajstić information content (AvgIpc) is 3.47. The van der Waals surface area contributed by atoms with Crippen LogP contribution in [0.5, 0.6) is 0 Å². The molecule has 0 heterocycles. The number of thioether (sulfide) groups is 1. The maximum absolute atomic E-state index is 12.5. The summed E-state index contributed by atoms with van der Waals surface area (Å²) in [5, 5.41) is 11.4. The second-order valence-corrected chi connectivity index (χ2v) is 9.25. The van der Waals surface area contributed by atoms with E-state index < -0.39 is 11.2 Å². The van der Waals surface area contributed by atoms with Gasteiger partial charge in [0.2, 0.25) is 5.91 Å². The topological polar surface area (TPSA) is 83.5 Å². The Labute approximate surface area is 154 Å². The Morgan fingerprint density at radius 2 is 1.96 bits per heavy atom. The highest BCUT2D eigenvalue weighted by atomic mass is 32.2. The van der Waals surface area contributed by atoms with E-state index in [1.165, 1.54) is 19.3 Å². The second-order valence-electron chi connectivity index (χ2n) is 7.63. The number of carboxylic acids is 1. The van der Waals surface area contributed by atoms with Crippen LogP contribution in [0.15, 0.2) is 0 Å². The van der Waals surface area contributed by atoms with Crippen LogP contribution in [-0.4, -0.2) is 39.8 Å². The maximum atomic E-state index is 12.5. The highest BCUT2D eigenvalue weighted by Crippen LogP contribution is 2.77. The molecule has 0 aromatic heterocycles. The van der Waals surface area contributed by atoms with E-state index in [9.17, 15) is 19.5 Å². The largest absolute Gasteiger partial charge is 0.481 e. The van der Waals surface area contributed by atoms with Crippen LogP contribution in [-0.2, 0) is 14.4 Å². The first-order valence-electron chi connectivity index (χ1n) is 9.54. The Morgan fingerprint density at radius 3 is 2.40 bits per heavy atom. The highest BCUT2D eigenvalue weighted by Gasteiger charge is 2.69. The third kappa shape index (κ3) is 4.99. The van der Waals surface area contributed by atoms with Crippen molar-refractivity contribution in [3.63, 3.8) is 0 Å². The van der Waals surface area contributed by atoms with E-state index in [0.717, 1.165) is 32.0 Å². The standard InChI is InChI=1S/C19H31NO4S/c1-3-6-19(7-4-2,15-13-18(15)8-9-18)25-14(12-16(22)23)17(24)20-10-5-11-21/h11,14-15H,3-10,12-13H2,1-2H3,(H,20,24)(H,22,23). The zero-order chi connectivity index (χ0) is 18.5. The number of nitrogens with one attached hydrogen (secondary N) is 1. The predicted molar refractivity (Wildman–Crippen MR) is 99.6 cm³/mol. The lowest BCUT2D eigenvalue weighted by Crippen LogP contribution is -2.40. The van der Waals surface area contributed by atoms with Gasteiger partial charge in [0.1, 0.15) is 6.29 Å². The summed E-state index contributed by atoms with van der Waals surface area (Å²) in [6.45, 7) is 4.62.